The van der Waals surface area contributed by atoms with Crippen LogP contribution in [0.2, 0.25) is 0 Å². The van der Waals surface area contributed by atoms with Crippen molar-refractivity contribution in [3.05, 3.63) is 78.5 Å². The van der Waals surface area contributed by atoms with Gasteiger partial charge in [-0.15, -0.1) is 0 Å². The third-order valence-electron chi connectivity index (χ3n) is 3.65. The minimum absolute atomic E-state index is 0.231. The van der Waals surface area contributed by atoms with Gasteiger partial charge in [-0.3, -0.25) is 15.1 Å². The first-order valence-corrected chi connectivity index (χ1v) is 8.34. The number of thiocarbonyl (C=S) groups is 1. The molecule has 2 N–H and O–H groups in total. The number of benzene rings is 2. The lowest BCUT2D eigenvalue weighted by molar-refractivity contribution is 0.0977. The molecule has 0 saturated heterocycles. The van der Waals surface area contributed by atoms with E-state index in [1.807, 2.05) is 36.4 Å². The van der Waals surface area contributed by atoms with Crippen LogP contribution in [0.15, 0.2) is 72.9 Å². The van der Waals surface area contributed by atoms with Gasteiger partial charge in [-0.2, -0.15) is 0 Å². The van der Waals surface area contributed by atoms with E-state index in [4.69, 9.17) is 17.0 Å². The van der Waals surface area contributed by atoms with Crippen molar-refractivity contribution in [2.24, 2.45) is 0 Å². The molecule has 0 atom stereocenters. The Balaban J connectivity index is 1.70. The second-order valence-electron chi connectivity index (χ2n) is 5.44. The van der Waals surface area contributed by atoms with Crippen molar-refractivity contribution in [2.75, 3.05) is 12.4 Å². The Morgan fingerprint density at radius 3 is 2.62 bits per heavy atom. The molecule has 0 fully saturated rings. The highest BCUT2D eigenvalue weighted by Gasteiger charge is 2.08. The molecule has 5 nitrogen and oxygen atoms in total. The van der Waals surface area contributed by atoms with E-state index < -0.39 is 0 Å². The molecule has 2 aromatic carbocycles. The largest absolute Gasteiger partial charge is 0.497 e. The Labute approximate surface area is 157 Å². The zero-order chi connectivity index (χ0) is 18.4. The number of nitrogens with zero attached hydrogens (tertiary/aromatic N) is 1. The molecule has 1 amide bonds. The van der Waals surface area contributed by atoms with E-state index in [1.54, 1.807) is 43.6 Å². The predicted molar refractivity (Wildman–Crippen MR) is 106 cm³/mol. The summed E-state index contributed by atoms with van der Waals surface area (Å²) in [7, 11) is 1.62. The summed E-state index contributed by atoms with van der Waals surface area (Å²) in [5.41, 5.74) is 3.00. The van der Waals surface area contributed by atoms with Crippen LogP contribution in [-0.2, 0) is 0 Å². The molecule has 26 heavy (non-hydrogen) atoms. The van der Waals surface area contributed by atoms with Crippen LogP contribution in [-0.4, -0.2) is 23.1 Å². The Bertz CT molecular complexity index is 929. The molecule has 1 heterocycles. The summed E-state index contributed by atoms with van der Waals surface area (Å²) in [6, 6.07) is 20.2. The lowest BCUT2D eigenvalue weighted by Crippen LogP contribution is -2.34. The maximum Gasteiger partial charge on any atom is 0.257 e. The van der Waals surface area contributed by atoms with Crippen LogP contribution < -0.4 is 15.4 Å². The Morgan fingerprint density at radius 1 is 1.04 bits per heavy atom. The van der Waals surface area contributed by atoms with Gasteiger partial charge in [0, 0.05) is 29.1 Å². The molecule has 0 aliphatic heterocycles. The first kappa shape index (κ1) is 17.6. The third-order valence-corrected chi connectivity index (χ3v) is 3.85. The molecular weight excluding hydrogens is 346 g/mol. The third kappa shape index (κ3) is 4.43. The van der Waals surface area contributed by atoms with Crippen LogP contribution in [0.3, 0.4) is 0 Å². The van der Waals surface area contributed by atoms with Gasteiger partial charge in [0.2, 0.25) is 0 Å². The summed E-state index contributed by atoms with van der Waals surface area (Å²) in [6.07, 6.45) is 1.69. The summed E-state index contributed by atoms with van der Waals surface area (Å²) < 4.78 is 5.23. The molecule has 3 rings (SSSR count). The number of carbonyl (C=O) groups is 1. The van der Waals surface area contributed by atoms with E-state index in [2.05, 4.69) is 15.6 Å². The predicted octanol–water partition coefficient (Wildman–Crippen LogP) is 3.88. The molecule has 3 aromatic rings. The van der Waals surface area contributed by atoms with Crippen LogP contribution in [0.25, 0.3) is 11.3 Å². The number of aromatic nitrogens is 1. The van der Waals surface area contributed by atoms with Gasteiger partial charge in [0.1, 0.15) is 5.75 Å². The summed E-state index contributed by atoms with van der Waals surface area (Å²) in [6.45, 7) is 0. The fourth-order valence-electron chi connectivity index (χ4n) is 2.38. The summed E-state index contributed by atoms with van der Waals surface area (Å²) in [4.78, 5) is 16.5. The number of carbonyl (C=O) groups excluding carboxylic acids is 1. The fourth-order valence-corrected chi connectivity index (χ4v) is 2.59. The molecule has 1 aromatic heterocycles. The number of hydrogen-bond acceptors (Lipinski definition) is 4. The van der Waals surface area contributed by atoms with Crippen LogP contribution in [0.5, 0.6) is 5.75 Å². The molecule has 0 aliphatic carbocycles. The maximum absolute atomic E-state index is 12.1. The number of amides is 1. The van der Waals surface area contributed by atoms with Crippen molar-refractivity contribution in [1.82, 2.24) is 10.3 Å². The van der Waals surface area contributed by atoms with Gasteiger partial charge in [0.05, 0.1) is 12.8 Å². The zero-order valence-corrected chi connectivity index (χ0v) is 14.9. The topological polar surface area (TPSA) is 63.2 Å². The number of methoxy groups -OCH3 is 1. The second kappa shape index (κ2) is 8.22. The minimum atomic E-state index is -0.256. The van der Waals surface area contributed by atoms with E-state index in [9.17, 15) is 4.79 Å². The van der Waals surface area contributed by atoms with Crippen molar-refractivity contribution in [2.45, 2.75) is 0 Å². The summed E-state index contributed by atoms with van der Waals surface area (Å²) >= 11 is 5.23. The number of pyridine rings is 1. The van der Waals surface area contributed by atoms with Crippen molar-refractivity contribution < 1.29 is 9.53 Å². The van der Waals surface area contributed by atoms with Crippen LogP contribution in [0.4, 0.5) is 5.69 Å². The van der Waals surface area contributed by atoms with Crippen molar-refractivity contribution in [1.29, 1.82) is 0 Å². The fraction of sp³-hybridized carbons (Fsp3) is 0.0500. The quantitative estimate of drug-likeness (QED) is 0.689. The number of anilines is 1. The monoisotopic (exact) mass is 363 g/mol. The summed E-state index contributed by atoms with van der Waals surface area (Å²) in [5.74, 6) is 0.479. The SMILES string of the molecule is COc1ccnc(-c2cccc(NC(=S)NC(=O)c3ccccc3)c2)c1. The van der Waals surface area contributed by atoms with E-state index >= 15 is 0 Å². The van der Waals surface area contributed by atoms with Crippen LogP contribution >= 0.6 is 12.2 Å². The molecule has 0 unspecified atom stereocenters. The summed E-state index contributed by atoms with van der Waals surface area (Å²) in [5, 5.41) is 5.92. The van der Waals surface area contributed by atoms with Gasteiger partial charge in [-0.05, 0) is 42.5 Å². The molecule has 0 radical (unpaired) electrons. The second-order valence-corrected chi connectivity index (χ2v) is 5.84. The molecule has 0 aliphatic rings. The average Bonchev–Trinajstić information content (AvgIpc) is 2.69. The van der Waals surface area contributed by atoms with Gasteiger partial charge in [-0.25, -0.2) is 0 Å². The molecule has 0 bridgehead atoms. The number of rotatable bonds is 4. The normalized spacial score (nSPS) is 10.0. The highest BCUT2D eigenvalue weighted by molar-refractivity contribution is 7.80. The molecule has 130 valence electrons. The average molecular weight is 363 g/mol. The number of nitrogens with one attached hydrogen (secondary N) is 2. The number of hydrogen-bond donors (Lipinski definition) is 2. The van der Waals surface area contributed by atoms with Gasteiger partial charge in [0.25, 0.3) is 5.91 Å². The molecular formula is C20H17N3O2S. The first-order valence-electron chi connectivity index (χ1n) is 7.93. The van der Waals surface area contributed by atoms with E-state index in [-0.39, 0.29) is 11.0 Å². The molecule has 6 heteroatoms. The van der Waals surface area contributed by atoms with Crippen LogP contribution in [0.1, 0.15) is 10.4 Å². The Hall–Kier alpha value is -3.25. The van der Waals surface area contributed by atoms with Gasteiger partial charge < -0.3 is 10.1 Å². The standard InChI is InChI=1S/C20H17N3O2S/c1-25-17-10-11-21-18(13-17)15-8-5-9-16(12-15)22-20(26)23-19(24)14-6-3-2-4-7-14/h2-13H,1H3,(H2,22,23,24,26). The maximum atomic E-state index is 12.1. The molecule has 0 spiro atoms. The minimum Gasteiger partial charge on any atom is -0.497 e. The zero-order valence-electron chi connectivity index (χ0n) is 14.1. The van der Waals surface area contributed by atoms with E-state index in [1.165, 1.54) is 0 Å². The number of ether oxygens (including phenoxy) is 1. The van der Waals surface area contributed by atoms with Crippen LogP contribution in [0, 0.1) is 0 Å². The van der Waals surface area contributed by atoms with Crippen molar-refractivity contribution in [3.63, 3.8) is 0 Å². The Kier molecular flexibility index (Phi) is 5.56. The van der Waals surface area contributed by atoms with Crippen molar-refractivity contribution >= 4 is 28.9 Å². The first-order chi connectivity index (χ1) is 12.7. The lowest BCUT2D eigenvalue weighted by Gasteiger charge is -2.11. The van der Waals surface area contributed by atoms with Gasteiger partial charge in [0.15, 0.2) is 5.11 Å². The van der Waals surface area contributed by atoms with E-state index in [0.29, 0.717) is 5.56 Å². The lowest BCUT2D eigenvalue weighted by atomic mass is 10.1. The molecule has 0 saturated carbocycles. The van der Waals surface area contributed by atoms with Gasteiger partial charge >= 0.3 is 0 Å². The smallest absolute Gasteiger partial charge is 0.257 e. The van der Waals surface area contributed by atoms with Crippen molar-refractivity contribution in [3.8, 4) is 17.0 Å². The highest BCUT2D eigenvalue weighted by atomic mass is 32.1. The van der Waals surface area contributed by atoms with E-state index in [0.717, 1.165) is 22.7 Å². The highest BCUT2D eigenvalue weighted by Crippen LogP contribution is 2.23. The van der Waals surface area contributed by atoms with Gasteiger partial charge in [-0.1, -0.05) is 30.3 Å². The Morgan fingerprint density at radius 2 is 1.85 bits per heavy atom.